The molecule has 1 heterocycles. The summed E-state index contributed by atoms with van der Waals surface area (Å²) >= 11 is 0. The highest BCUT2D eigenvalue weighted by Gasteiger charge is 2.31. The van der Waals surface area contributed by atoms with E-state index in [1.807, 2.05) is 0 Å². The maximum atomic E-state index is 13.0. The van der Waals surface area contributed by atoms with Crippen molar-refractivity contribution in [2.45, 2.75) is 45.3 Å². The van der Waals surface area contributed by atoms with Crippen LogP contribution in [0.15, 0.2) is 11.9 Å². The van der Waals surface area contributed by atoms with E-state index in [0.717, 1.165) is 6.08 Å². The van der Waals surface area contributed by atoms with Gasteiger partial charge in [0.05, 0.1) is 6.04 Å². The minimum atomic E-state index is -1.62. The molecule has 0 aromatic rings. The van der Waals surface area contributed by atoms with E-state index in [9.17, 15) is 14.0 Å². The average Bonchev–Trinajstić information content (AvgIpc) is 2.62. The molecule has 102 valence electrons. The second-order valence-electron chi connectivity index (χ2n) is 5.20. The van der Waals surface area contributed by atoms with Gasteiger partial charge >= 0.3 is 12.1 Å². The molecule has 1 aliphatic heterocycles. The van der Waals surface area contributed by atoms with Gasteiger partial charge < -0.3 is 14.7 Å². The predicted molar refractivity (Wildman–Crippen MR) is 62.8 cm³/mol. The Labute approximate surface area is 105 Å². The summed E-state index contributed by atoms with van der Waals surface area (Å²) in [5.41, 5.74) is -0.626. The molecule has 1 saturated heterocycles. The molecule has 1 aliphatic rings. The molecule has 6 heteroatoms. The predicted octanol–water partition coefficient (Wildman–Crippen LogP) is 2.32. The Balaban J connectivity index is 2.74. The molecule has 0 saturated carbocycles. The molecule has 18 heavy (non-hydrogen) atoms. The third-order valence-electron chi connectivity index (χ3n) is 2.47. The number of carboxylic acids is 1. The Morgan fingerprint density at radius 1 is 1.44 bits per heavy atom. The quantitative estimate of drug-likeness (QED) is 0.773. The molecule has 1 fully saturated rings. The van der Waals surface area contributed by atoms with E-state index in [-0.39, 0.29) is 0 Å². The topological polar surface area (TPSA) is 66.8 Å². The normalized spacial score (nSPS) is 21.0. The van der Waals surface area contributed by atoms with E-state index in [4.69, 9.17) is 9.84 Å². The SMILES string of the molecule is CC(C)(C)OC(=O)N1CCCC1/C=C(/F)C(=O)O. The Kier molecular flexibility index (Phi) is 4.32. The molecule has 1 rings (SSSR count). The maximum Gasteiger partial charge on any atom is 0.410 e. The van der Waals surface area contributed by atoms with Crippen LogP contribution in [-0.2, 0) is 9.53 Å². The second kappa shape index (κ2) is 5.37. The number of carboxylic acid groups (broad SMARTS) is 1. The molecule has 1 N–H and O–H groups in total. The Hall–Kier alpha value is -1.59. The monoisotopic (exact) mass is 259 g/mol. The van der Waals surface area contributed by atoms with Gasteiger partial charge in [0.2, 0.25) is 5.83 Å². The van der Waals surface area contributed by atoms with Gasteiger partial charge in [-0.25, -0.2) is 9.59 Å². The van der Waals surface area contributed by atoms with Crippen LogP contribution >= 0.6 is 0 Å². The molecule has 0 aromatic carbocycles. The number of carbonyl (C=O) groups excluding carboxylic acids is 1. The van der Waals surface area contributed by atoms with Crippen LogP contribution in [-0.4, -0.2) is 40.3 Å². The molecule has 0 aliphatic carbocycles. The molecule has 1 unspecified atom stereocenters. The first-order chi connectivity index (χ1) is 8.20. The number of hydrogen-bond acceptors (Lipinski definition) is 3. The van der Waals surface area contributed by atoms with Crippen molar-refractivity contribution in [1.29, 1.82) is 0 Å². The minimum absolute atomic E-state index is 0.447. The lowest BCUT2D eigenvalue weighted by atomic mass is 10.2. The fraction of sp³-hybridized carbons (Fsp3) is 0.667. The van der Waals surface area contributed by atoms with Crippen molar-refractivity contribution in [1.82, 2.24) is 4.90 Å². The maximum absolute atomic E-state index is 13.0. The van der Waals surface area contributed by atoms with Gasteiger partial charge in [0.1, 0.15) is 5.60 Å². The summed E-state index contributed by atoms with van der Waals surface area (Å²) in [6.07, 6.45) is 1.66. The molecular weight excluding hydrogens is 241 g/mol. The number of hydrogen-bond donors (Lipinski definition) is 1. The van der Waals surface area contributed by atoms with Crippen LogP contribution in [0, 0.1) is 0 Å². The lowest BCUT2D eigenvalue weighted by Crippen LogP contribution is -2.39. The first-order valence-electron chi connectivity index (χ1n) is 5.81. The van der Waals surface area contributed by atoms with Crippen molar-refractivity contribution in [3.05, 3.63) is 11.9 Å². The zero-order valence-corrected chi connectivity index (χ0v) is 10.8. The van der Waals surface area contributed by atoms with Crippen molar-refractivity contribution < 1.29 is 23.8 Å². The molecule has 1 atom stereocenters. The summed E-state index contributed by atoms with van der Waals surface area (Å²) in [6, 6.07) is -0.545. The number of rotatable bonds is 2. The van der Waals surface area contributed by atoms with Crippen molar-refractivity contribution in [3.63, 3.8) is 0 Å². The summed E-state index contributed by atoms with van der Waals surface area (Å²) in [7, 11) is 0. The Morgan fingerprint density at radius 2 is 2.06 bits per heavy atom. The van der Waals surface area contributed by atoms with Gasteiger partial charge in [-0.1, -0.05) is 0 Å². The van der Waals surface area contributed by atoms with Crippen molar-refractivity contribution in [3.8, 4) is 0 Å². The van der Waals surface area contributed by atoms with E-state index >= 15 is 0 Å². The number of ether oxygens (including phenoxy) is 1. The van der Waals surface area contributed by atoms with Crippen molar-refractivity contribution in [2.24, 2.45) is 0 Å². The van der Waals surface area contributed by atoms with E-state index in [0.29, 0.717) is 19.4 Å². The highest BCUT2D eigenvalue weighted by atomic mass is 19.1. The average molecular weight is 259 g/mol. The van der Waals surface area contributed by atoms with E-state index in [2.05, 4.69) is 0 Å². The van der Waals surface area contributed by atoms with Gasteiger partial charge in [-0.15, -0.1) is 0 Å². The first kappa shape index (κ1) is 14.5. The van der Waals surface area contributed by atoms with Gasteiger partial charge in [-0.05, 0) is 39.7 Å². The number of amides is 1. The van der Waals surface area contributed by atoms with Gasteiger partial charge in [-0.3, -0.25) is 0 Å². The van der Waals surface area contributed by atoms with Crippen LogP contribution in [0.3, 0.4) is 0 Å². The molecule has 0 spiro atoms. The largest absolute Gasteiger partial charge is 0.476 e. The fourth-order valence-corrected chi connectivity index (χ4v) is 1.75. The molecule has 1 amide bonds. The number of aliphatic carboxylic acids is 1. The summed E-state index contributed by atoms with van der Waals surface area (Å²) in [4.78, 5) is 23.6. The second-order valence-corrected chi connectivity index (χ2v) is 5.20. The van der Waals surface area contributed by atoms with Crippen LogP contribution in [0.5, 0.6) is 0 Å². The highest BCUT2D eigenvalue weighted by Crippen LogP contribution is 2.22. The summed E-state index contributed by atoms with van der Waals surface area (Å²) in [6.45, 7) is 5.67. The molecule has 0 bridgehead atoms. The number of halogens is 1. The van der Waals surface area contributed by atoms with Gasteiger partial charge in [0.25, 0.3) is 0 Å². The number of carbonyl (C=O) groups is 2. The van der Waals surface area contributed by atoms with Gasteiger partial charge in [-0.2, -0.15) is 4.39 Å². The molecule has 0 aromatic heterocycles. The van der Waals surface area contributed by atoms with Crippen molar-refractivity contribution in [2.75, 3.05) is 6.54 Å². The third-order valence-corrected chi connectivity index (χ3v) is 2.47. The van der Waals surface area contributed by atoms with Crippen LogP contribution < -0.4 is 0 Å². The summed E-state index contributed by atoms with van der Waals surface area (Å²) in [5.74, 6) is -2.86. The van der Waals surface area contributed by atoms with Crippen LogP contribution in [0.2, 0.25) is 0 Å². The third kappa shape index (κ3) is 4.01. The van der Waals surface area contributed by atoms with Crippen LogP contribution in [0.1, 0.15) is 33.6 Å². The molecule has 5 nitrogen and oxygen atoms in total. The molecule has 0 radical (unpaired) electrons. The number of nitrogens with zero attached hydrogens (tertiary/aromatic N) is 1. The highest BCUT2D eigenvalue weighted by molar-refractivity contribution is 5.84. The number of likely N-dealkylation sites (tertiary alicyclic amines) is 1. The van der Waals surface area contributed by atoms with Crippen LogP contribution in [0.4, 0.5) is 9.18 Å². The van der Waals surface area contributed by atoms with Crippen molar-refractivity contribution >= 4 is 12.1 Å². The van der Waals surface area contributed by atoms with Gasteiger partial charge in [0.15, 0.2) is 0 Å². The molecular formula is C12H18FNO4. The van der Waals surface area contributed by atoms with Crippen LogP contribution in [0.25, 0.3) is 0 Å². The lowest BCUT2D eigenvalue weighted by Gasteiger charge is -2.27. The van der Waals surface area contributed by atoms with E-state index < -0.39 is 29.5 Å². The smallest absolute Gasteiger partial charge is 0.410 e. The lowest BCUT2D eigenvalue weighted by molar-refractivity contribution is -0.134. The standard InChI is InChI=1S/C12H18FNO4/c1-12(2,3)18-11(17)14-6-4-5-8(14)7-9(13)10(15)16/h7-8H,4-6H2,1-3H3,(H,15,16)/b9-7+. The summed E-state index contributed by atoms with van der Waals surface area (Å²) < 4.78 is 18.2. The summed E-state index contributed by atoms with van der Waals surface area (Å²) in [5, 5.41) is 8.48. The zero-order valence-electron chi connectivity index (χ0n) is 10.8. The Bertz CT molecular complexity index is 373. The minimum Gasteiger partial charge on any atom is -0.476 e. The fourth-order valence-electron chi connectivity index (χ4n) is 1.75. The van der Waals surface area contributed by atoms with E-state index in [1.165, 1.54) is 4.90 Å². The van der Waals surface area contributed by atoms with E-state index in [1.54, 1.807) is 20.8 Å². The zero-order chi connectivity index (χ0) is 13.9. The first-order valence-corrected chi connectivity index (χ1v) is 5.81. The Morgan fingerprint density at radius 3 is 2.56 bits per heavy atom. The van der Waals surface area contributed by atoms with Gasteiger partial charge in [0, 0.05) is 6.54 Å².